The van der Waals surface area contributed by atoms with Gasteiger partial charge in [-0.25, -0.2) is 4.98 Å². The summed E-state index contributed by atoms with van der Waals surface area (Å²) in [6, 6.07) is 0. The van der Waals surface area contributed by atoms with Gasteiger partial charge in [-0.2, -0.15) is 4.37 Å². The lowest BCUT2D eigenvalue weighted by Gasteiger charge is -2.04. The number of hydrogen-bond donors (Lipinski definition) is 1. The molecule has 0 spiro atoms. The third kappa shape index (κ3) is 6.28. The first-order valence-corrected chi connectivity index (χ1v) is 7.15. The fraction of sp³-hybridized carbons (Fsp3) is 0.833. The molecule has 0 fully saturated rings. The molecular formula is C12H23N3O2S. The summed E-state index contributed by atoms with van der Waals surface area (Å²) in [6.07, 6.45) is 2.12. The van der Waals surface area contributed by atoms with E-state index in [9.17, 15) is 0 Å². The molecule has 1 aromatic rings. The third-order valence-corrected chi connectivity index (χ3v) is 3.07. The molecule has 6 heteroatoms. The maximum atomic E-state index is 5.38. The highest BCUT2D eigenvalue weighted by atomic mass is 32.1. The van der Waals surface area contributed by atoms with Gasteiger partial charge in [0, 0.05) is 37.7 Å². The lowest BCUT2D eigenvalue weighted by molar-refractivity contribution is 0.0691. The van der Waals surface area contributed by atoms with Crippen LogP contribution in [0, 0.1) is 0 Å². The first-order chi connectivity index (χ1) is 8.74. The van der Waals surface area contributed by atoms with E-state index in [1.165, 1.54) is 11.5 Å². The van der Waals surface area contributed by atoms with Crippen LogP contribution in [0.15, 0.2) is 0 Å². The van der Waals surface area contributed by atoms with Gasteiger partial charge < -0.3 is 14.8 Å². The molecular weight excluding hydrogens is 250 g/mol. The predicted molar refractivity (Wildman–Crippen MR) is 74.4 cm³/mol. The molecule has 0 aliphatic rings. The van der Waals surface area contributed by atoms with Crippen LogP contribution in [-0.4, -0.2) is 42.8 Å². The van der Waals surface area contributed by atoms with E-state index in [0.717, 1.165) is 36.9 Å². The van der Waals surface area contributed by atoms with E-state index in [-0.39, 0.29) is 0 Å². The van der Waals surface area contributed by atoms with Crippen molar-refractivity contribution in [3.05, 3.63) is 5.82 Å². The van der Waals surface area contributed by atoms with Crippen LogP contribution in [0.4, 0.5) is 5.13 Å². The topological polar surface area (TPSA) is 56.3 Å². The molecule has 0 aliphatic heterocycles. The number of aromatic nitrogens is 2. The van der Waals surface area contributed by atoms with Crippen LogP contribution in [0.25, 0.3) is 0 Å². The normalized spacial score (nSPS) is 11.1. The number of nitrogens with zero attached hydrogens (tertiary/aromatic N) is 2. The van der Waals surface area contributed by atoms with E-state index >= 15 is 0 Å². The minimum Gasteiger partial charge on any atom is -0.382 e. The number of nitrogens with one attached hydrogen (secondary N) is 1. The van der Waals surface area contributed by atoms with Crippen LogP contribution < -0.4 is 5.32 Å². The molecule has 0 bridgehead atoms. The summed E-state index contributed by atoms with van der Waals surface area (Å²) in [5, 5.41) is 4.20. The number of anilines is 1. The lowest BCUT2D eigenvalue weighted by Crippen LogP contribution is -2.06. The van der Waals surface area contributed by atoms with E-state index in [1.807, 2.05) is 0 Å². The van der Waals surface area contributed by atoms with Crippen molar-refractivity contribution in [3.63, 3.8) is 0 Å². The molecule has 0 radical (unpaired) electrons. The summed E-state index contributed by atoms with van der Waals surface area (Å²) in [6.45, 7) is 7.25. The van der Waals surface area contributed by atoms with Gasteiger partial charge in [-0.05, 0) is 12.8 Å². The Morgan fingerprint density at radius 3 is 2.72 bits per heavy atom. The SMILES string of the molecule is COCCOCCCCNc1nc(C(C)C)ns1. The molecule has 1 heterocycles. The zero-order valence-corrected chi connectivity index (χ0v) is 12.3. The molecule has 0 aromatic carbocycles. The third-order valence-electron chi connectivity index (χ3n) is 2.38. The number of methoxy groups -OCH3 is 1. The minimum absolute atomic E-state index is 0.394. The summed E-state index contributed by atoms with van der Waals surface area (Å²) < 4.78 is 14.6. The zero-order chi connectivity index (χ0) is 13.2. The highest BCUT2D eigenvalue weighted by Gasteiger charge is 2.06. The van der Waals surface area contributed by atoms with E-state index < -0.39 is 0 Å². The van der Waals surface area contributed by atoms with Crippen LogP contribution in [0.5, 0.6) is 0 Å². The van der Waals surface area contributed by atoms with Gasteiger partial charge in [0.05, 0.1) is 13.2 Å². The van der Waals surface area contributed by atoms with Gasteiger partial charge in [-0.3, -0.25) is 0 Å². The molecule has 104 valence electrons. The highest BCUT2D eigenvalue weighted by Crippen LogP contribution is 2.17. The largest absolute Gasteiger partial charge is 0.382 e. The number of rotatable bonds is 10. The molecule has 1 rings (SSSR count). The number of unbranched alkanes of at least 4 members (excludes halogenated alkanes) is 1. The molecule has 18 heavy (non-hydrogen) atoms. The highest BCUT2D eigenvalue weighted by molar-refractivity contribution is 7.09. The fourth-order valence-electron chi connectivity index (χ4n) is 1.31. The van der Waals surface area contributed by atoms with Gasteiger partial charge >= 0.3 is 0 Å². The molecule has 0 saturated heterocycles. The van der Waals surface area contributed by atoms with Crippen molar-refractivity contribution in [2.24, 2.45) is 0 Å². The molecule has 5 nitrogen and oxygen atoms in total. The minimum atomic E-state index is 0.394. The Morgan fingerprint density at radius 1 is 1.22 bits per heavy atom. The van der Waals surface area contributed by atoms with Gasteiger partial charge in [0.15, 0.2) is 0 Å². The maximum Gasteiger partial charge on any atom is 0.202 e. The molecule has 0 amide bonds. The summed E-state index contributed by atoms with van der Waals surface area (Å²) >= 11 is 1.43. The summed E-state index contributed by atoms with van der Waals surface area (Å²) in [4.78, 5) is 4.42. The second-order valence-corrected chi connectivity index (χ2v) is 5.10. The van der Waals surface area contributed by atoms with Crippen molar-refractivity contribution >= 4 is 16.7 Å². The van der Waals surface area contributed by atoms with Crippen molar-refractivity contribution in [1.82, 2.24) is 9.36 Å². The Morgan fingerprint density at radius 2 is 2.06 bits per heavy atom. The van der Waals surface area contributed by atoms with Crippen LogP contribution >= 0.6 is 11.5 Å². The quantitative estimate of drug-likeness (QED) is 0.664. The van der Waals surface area contributed by atoms with Crippen LogP contribution in [-0.2, 0) is 9.47 Å². The number of hydrogen-bond acceptors (Lipinski definition) is 6. The smallest absolute Gasteiger partial charge is 0.202 e. The monoisotopic (exact) mass is 273 g/mol. The first kappa shape index (κ1) is 15.3. The van der Waals surface area contributed by atoms with Gasteiger partial charge in [0.2, 0.25) is 5.13 Å². The predicted octanol–water partition coefficient (Wildman–Crippen LogP) is 2.52. The van der Waals surface area contributed by atoms with Crippen molar-refractivity contribution in [3.8, 4) is 0 Å². The van der Waals surface area contributed by atoms with Crippen LogP contribution in [0.3, 0.4) is 0 Å². The standard InChI is InChI=1S/C12H23N3O2S/c1-10(2)11-14-12(18-15-11)13-6-4-5-7-17-9-8-16-3/h10H,4-9H2,1-3H3,(H,13,14,15). The van der Waals surface area contributed by atoms with Gasteiger partial charge in [0.1, 0.15) is 5.82 Å². The first-order valence-electron chi connectivity index (χ1n) is 6.38. The summed E-state index contributed by atoms with van der Waals surface area (Å²) in [5.74, 6) is 1.32. The van der Waals surface area contributed by atoms with Crippen molar-refractivity contribution in [2.75, 3.05) is 38.8 Å². The Bertz CT molecular complexity index is 318. The Labute approximate surface area is 113 Å². The molecule has 0 atom stereocenters. The van der Waals surface area contributed by atoms with E-state index in [1.54, 1.807) is 7.11 Å². The lowest BCUT2D eigenvalue weighted by atomic mass is 10.2. The van der Waals surface area contributed by atoms with Crippen molar-refractivity contribution < 1.29 is 9.47 Å². The Hall–Kier alpha value is -0.720. The van der Waals surface area contributed by atoms with Crippen molar-refractivity contribution in [2.45, 2.75) is 32.6 Å². The average Bonchev–Trinajstić information content (AvgIpc) is 2.81. The molecule has 1 N–H and O–H groups in total. The molecule has 0 unspecified atom stereocenters. The van der Waals surface area contributed by atoms with Gasteiger partial charge in [-0.15, -0.1) is 0 Å². The molecule has 0 saturated carbocycles. The fourth-order valence-corrected chi connectivity index (χ4v) is 2.04. The molecule has 1 aromatic heterocycles. The number of ether oxygens (including phenoxy) is 2. The second kappa shape index (κ2) is 9.24. The van der Waals surface area contributed by atoms with Gasteiger partial charge in [0.25, 0.3) is 0 Å². The summed E-state index contributed by atoms with van der Waals surface area (Å²) in [7, 11) is 1.68. The van der Waals surface area contributed by atoms with Crippen LogP contribution in [0.2, 0.25) is 0 Å². The Balaban J connectivity index is 2.00. The van der Waals surface area contributed by atoms with E-state index in [4.69, 9.17) is 9.47 Å². The zero-order valence-electron chi connectivity index (χ0n) is 11.4. The average molecular weight is 273 g/mol. The molecule has 0 aliphatic carbocycles. The second-order valence-electron chi connectivity index (χ2n) is 4.35. The summed E-state index contributed by atoms with van der Waals surface area (Å²) in [5.41, 5.74) is 0. The van der Waals surface area contributed by atoms with Crippen molar-refractivity contribution in [1.29, 1.82) is 0 Å². The van der Waals surface area contributed by atoms with E-state index in [2.05, 4.69) is 28.5 Å². The van der Waals surface area contributed by atoms with Gasteiger partial charge in [-0.1, -0.05) is 13.8 Å². The maximum absolute atomic E-state index is 5.38. The van der Waals surface area contributed by atoms with E-state index in [0.29, 0.717) is 19.1 Å². The Kier molecular flexibility index (Phi) is 7.88. The van der Waals surface area contributed by atoms with Crippen LogP contribution in [0.1, 0.15) is 38.4 Å².